The second-order valence-electron chi connectivity index (χ2n) is 9.44. The number of nitrogens with zero attached hydrogens (tertiary/aromatic N) is 2. The van der Waals surface area contributed by atoms with Crippen molar-refractivity contribution in [3.05, 3.63) is 62.6 Å². The predicted molar refractivity (Wildman–Crippen MR) is 152 cm³/mol. The van der Waals surface area contributed by atoms with Crippen molar-refractivity contribution < 1.29 is 18.0 Å². The van der Waals surface area contributed by atoms with E-state index in [-0.39, 0.29) is 43.7 Å². The summed E-state index contributed by atoms with van der Waals surface area (Å²) in [6, 6.07) is 9.24. The molecule has 0 bridgehead atoms. The van der Waals surface area contributed by atoms with Crippen LogP contribution in [0.3, 0.4) is 0 Å². The molecule has 0 aromatic heterocycles. The van der Waals surface area contributed by atoms with Crippen LogP contribution in [-0.2, 0) is 26.2 Å². The van der Waals surface area contributed by atoms with Gasteiger partial charge in [0.25, 0.3) is 0 Å². The third-order valence-corrected chi connectivity index (χ3v) is 7.80. The molecule has 0 aliphatic carbocycles. The van der Waals surface area contributed by atoms with E-state index in [1.54, 1.807) is 50.2 Å². The fourth-order valence-corrected chi connectivity index (χ4v) is 5.35. The lowest BCUT2D eigenvalue weighted by atomic mass is 10.1. The first-order valence-corrected chi connectivity index (χ1v) is 14.9. The molecule has 0 fully saturated rings. The van der Waals surface area contributed by atoms with E-state index in [1.165, 1.54) is 9.21 Å². The molecule has 0 spiro atoms. The minimum atomic E-state index is -3.62. The monoisotopic (exact) mass is 589 g/mol. The molecule has 11 heteroatoms. The van der Waals surface area contributed by atoms with E-state index in [2.05, 4.69) is 5.32 Å². The molecule has 37 heavy (non-hydrogen) atoms. The van der Waals surface area contributed by atoms with E-state index < -0.39 is 16.1 Å². The molecule has 1 unspecified atom stereocenters. The summed E-state index contributed by atoms with van der Waals surface area (Å²) >= 11 is 18.5. The molecule has 1 N–H and O–H groups in total. The number of hydrogen-bond donors (Lipinski definition) is 1. The highest BCUT2D eigenvalue weighted by Gasteiger charge is 2.27. The zero-order valence-corrected chi connectivity index (χ0v) is 24.8. The molecule has 0 heterocycles. The molecular formula is C26H34Cl3N3O4S. The molecule has 2 aromatic carbocycles. The third-order valence-electron chi connectivity index (χ3n) is 5.80. The summed E-state index contributed by atoms with van der Waals surface area (Å²) in [5.41, 5.74) is 1.86. The molecule has 0 saturated carbocycles. The molecule has 0 saturated heterocycles. The van der Waals surface area contributed by atoms with Crippen molar-refractivity contribution in [2.24, 2.45) is 5.92 Å². The third kappa shape index (κ3) is 9.36. The van der Waals surface area contributed by atoms with Gasteiger partial charge in [-0.2, -0.15) is 0 Å². The predicted octanol–water partition coefficient (Wildman–Crippen LogP) is 5.69. The van der Waals surface area contributed by atoms with Gasteiger partial charge in [0.2, 0.25) is 21.8 Å². The van der Waals surface area contributed by atoms with Gasteiger partial charge in [-0.1, -0.05) is 60.8 Å². The lowest BCUT2D eigenvalue weighted by molar-refractivity contribution is -0.140. The number of benzene rings is 2. The highest BCUT2D eigenvalue weighted by Crippen LogP contribution is 2.27. The highest BCUT2D eigenvalue weighted by molar-refractivity contribution is 7.92. The summed E-state index contributed by atoms with van der Waals surface area (Å²) in [5, 5.41) is 4.13. The summed E-state index contributed by atoms with van der Waals surface area (Å²) in [4.78, 5) is 27.7. The second kappa shape index (κ2) is 13.7. The minimum Gasteiger partial charge on any atom is -0.354 e. The smallest absolute Gasteiger partial charge is 0.242 e. The van der Waals surface area contributed by atoms with Gasteiger partial charge < -0.3 is 10.2 Å². The zero-order valence-electron chi connectivity index (χ0n) is 21.7. The van der Waals surface area contributed by atoms with Gasteiger partial charge in [0.1, 0.15) is 6.04 Å². The number of anilines is 1. The summed E-state index contributed by atoms with van der Waals surface area (Å²) in [6.45, 7) is 8.09. The van der Waals surface area contributed by atoms with Crippen molar-refractivity contribution in [3.63, 3.8) is 0 Å². The molecule has 2 aromatic rings. The molecule has 1 atom stereocenters. The summed E-state index contributed by atoms with van der Waals surface area (Å²) < 4.78 is 26.3. The van der Waals surface area contributed by atoms with Gasteiger partial charge in [0.05, 0.1) is 11.9 Å². The zero-order chi connectivity index (χ0) is 27.9. The van der Waals surface area contributed by atoms with Crippen LogP contribution in [0.4, 0.5) is 5.69 Å². The Bertz CT molecular complexity index is 1220. The standard InChI is InChI=1S/C26H34Cl3N3O4S/c1-17(2)15-30-26(34)19(4)31(16-20-9-11-21(27)13-23(20)29)25(33)7-6-12-32(37(5,35)36)24-14-22(28)10-8-18(24)3/h8-11,13-14,17,19H,6-7,12,15-16H2,1-5H3,(H,30,34). The van der Waals surface area contributed by atoms with Gasteiger partial charge in [0, 0.05) is 41.1 Å². The summed E-state index contributed by atoms with van der Waals surface area (Å²) in [7, 11) is -3.62. The average molecular weight is 591 g/mol. The molecule has 0 aliphatic rings. The number of sulfonamides is 1. The quantitative estimate of drug-likeness (QED) is 0.344. The Labute approximate surface area is 235 Å². The Kier molecular flexibility index (Phi) is 11.6. The number of hydrogen-bond acceptors (Lipinski definition) is 4. The van der Waals surface area contributed by atoms with Crippen LogP contribution in [0.25, 0.3) is 0 Å². The van der Waals surface area contributed by atoms with Crippen molar-refractivity contribution >= 4 is 62.3 Å². The van der Waals surface area contributed by atoms with Crippen LogP contribution in [0, 0.1) is 12.8 Å². The first kappa shape index (κ1) is 31.2. The van der Waals surface area contributed by atoms with Crippen molar-refractivity contribution in [2.75, 3.05) is 23.7 Å². The molecule has 7 nitrogen and oxygen atoms in total. The SMILES string of the molecule is Cc1ccc(Cl)cc1N(CCCC(=O)N(Cc1ccc(Cl)cc1Cl)C(C)C(=O)NCC(C)C)S(C)(=O)=O. The summed E-state index contributed by atoms with van der Waals surface area (Å²) in [5.74, 6) is -0.322. The van der Waals surface area contributed by atoms with Crippen molar-refractivity contribution in [3.8, 4) is 0 Å². The summed E-state index contributed by atoms with van der Waals surface area (Å²) in [6.07, 6.45) is 1.38. The first-order valence-electron chi connectivity index (χ1n) is 12.0. The second-order valence-corrected chi connectivity index (χ2v) is 12.6. The molecule has 0 aliphatic heterocycles. The number of carbonyl (C=O) groups excluding carboxylic acids is 2. The Morgan fingerprint density at radius 1 is 1.00 bits per heavy atom. The molecule has 204 valence electrons. The molecule has 2 rings (SSSR count). The fraction of sp³-hybridized carbons (Fsp3) is 0.462. The molecule has 2 amide bonds. The Hall–Kier alpha value is -2.00. The maximum Gasteiger partial charge on any atom is 0.242 e. The van der Waals surface area contributed by atoms with Crippen molar-refractivity contribution in [1.82, 2.24) is 10.2 Å². The topological polar surface area (TPSA) is 86.8 Å². The number of amides is 2. The lowest BCUT2D eigenvalue weighted by Crippen LogP contribution is -2.48. The van der Waals surface area contributed by atoms with Crippen LogP contribution in [0.1, 0.15) is 44.7 Å². The Morgan fingerprint density at radius 3 is 2.22 bits per heavy atom. The van der Waals surface area contributed by atoms with Crippen molar-refractivity contribution in [2.45, 2.75) is 53.1 Å². The van der Waals surface area contributed by atoms with Gasteiger partial charge in [-0.05, 0) is 61.6 Å². The van der Waals surface area contributed by atoms with E-state index in [9.17, 15) is 18.0 Å². The number of rotatable bonds is 12. The van der Waals surface area contributed by atoms with Gasteiger partial charge in [-0.15, -0.1) is 0 Å². The minimum absolute atomic E-state index is 0.0264. The van der Waals surface area contributed by atoms with E-state index in [1.807, 2.05) is 13.8 Å². The van der Waals surface area contributed by atoms with E-state index in [0.29, 0.717) is 32.9 Å². The van der Waals surface area contributed by atoms with Crippen LogP contribution in [0.2, 0.25) is 15.1 Å². The largest absolute Gasteiger partial charge is 0.354 e. The van der Waals surface area contributed by atoms with Gasteiger partial charge in [-0.25, -0.2) is 8.42 Å². The number of nitrogens with one attached hydrogen (secondary N) is 1. The van der Waals surface area contributed by atoms with Crippen LogP contribution in [0.5, 0.6) is 0 Å². The average Bonchev–Trinajstić information content (AvgIpc) is 2.80. The van der Waals surface area contributed by atoms with Crippen LogP contribution >= 0.6 is 34.8 Å². The van der Waals surface area contributed by atoms with Gasteiger partial charge >= 0.3 is 0 Å². The number of aryl methyl sites for hydroxylation is 1. The van der Waals surface area contributed by atoms with Gasteiger partial charge in [-0.3, -0.25) is 13.9 Å². The normalized spacial score (nSPS) is 12.4. The molecular weight excluding hydrogens is 557 g/mol. The van der Waals surface area contributed by atoms with E-state index >= 15 is 0 Å². The van der Waals surface area contributed by atoms with E-state index in [0.717, 1.165) is 11.8 Å². The van der Waals surface area contributed by atoms with E-state index in [4.69, 9.17) is 34.8 Å². The van der Waals surface area contributed by atoms with Gasteiger partial charge in [0.15, 0.2) is 0 Å². The van der Waals surface area contributed by atoms with Crippen molar-refractivity contribution in [1.29, 1.82) is 0 Å². The molecule has 0 radical (unpaired) electrons. The number of halogens is 3. The highest BCUT2D eigenvalue weighted by atomic mass is 35.5. The maximum absolute atomic E-state index is 13.4. The number of carbonyl (C=O) groups is 2. The Morgan fingerprint density at radius 2 is 1.62 bits per heavy atom. The van der Waals surface area contributed by atoms with Crippen LogP contribution < -0.4 is 9.62 Å². The first-order chi connectivity index (χ1) is 17.2. The van der Waals surface area contributed by atoms with Crippen LogP contribution in [0.15, 0.2) is 36.4 Å². The lowest BCUT2D eigenvalue weighted by Gasteiger charge is -2.30. The fourth-order valence-electron chi connectivity index (χ4n) is 3.70. The van der Waals surface area contributed by atoms with Crippen LogP contribution in [-0.4, -0.2) is 50.5 Å². The Balaban J connectivity index is 2.23. The maximum atomic E-state index is 13.4.